The summed E-state index contributed by atoms with van der Waals surface area (Å²) < 4.78 is 10.5. The van der Waals surface area contributed by atoms with Crippen molar-refractivity contribution in [2.45, 2.75) is 38.7 Å². The first-order valence-electron chi connectivity index (χ1n) is 7.60. The highest BCUT2D eigenvalue weighted by Gasteiger charge is 2.17. The van der Waals surface area contributed by atoms with Crippen molar-refractivity contribution in [1.82, 2.24) is 5.32 Å². The second kappa shape index (κ2) is 9.03. The standard InChI is InChI=1S/C17H29NO3/c1-5-17(2,3)14-6-8-16(9-7-14)21-13-15(19)12-18-10-11-20-4/h6-9,15,18-19H,5,10-13H2,1-4H3. The maximum absolute atomic E-state index is 9.80. The van der Waals surface area contributed by atoms with E-state index in [-0.39, 0.29) is 12.0 Å². The Morgan fingerprint density at radius 1 is 1.24 bits per heavy atom. The van der Waals surface area contributed by atoms with Crippen LogP contribution in [0.4, 0.5) is 0 Å². The minimum absolute atomic E-state index is 0.184. The zero-order valence-corrected chi connectivity index (χ0v) is 13.7. The molecule has 0 fully saturated rings. The molecular formula is C17H29NO3. The highest BCUT2D eigenvalue weighted by atomic mass is 16.5. The number of nitrogens with one attached hydrogen (secondary N) is 1. The quantitative estimate of drug-likeness (QED) is 0.651. The Labute approximate surface area is 128 Å². The molecule has 1 rings (SSSR count). The van der Waals surface area contributed by atoms with Gasteiger partial charge in [-0.3, -0.25) is 0 Å². The van der Waals surface area contributed by atoms with Crippen molar-refractivity contribution in [3.63, 3.8) is 0 Å². The van der Waals surface area contributed by atoms with Crippen LogP contribution in [0, 0.1) is 0 Å². The predicted octanol–water partition coefficient (Wildman–Crippen LogP) is 2.35. The van der Waals surface area contributed by atoms with Crippen LogP contribution in [0.2, 0.25) is 0 Å². The fraction of sp³-hybridized carbons (Fsp3) is 0.647. The first kappa shape index (κ1) is 18.0. The Bertz CT molecular complexity index is 390. The van der Waals surface area contributed by atoms with Crippen molar-refractivity contribution in [2.75, 3.05) is 33.4 Å². The van der Waals surface area contributed by atoms with E-state index >= 15 is 0 Å². The molecule has 21 heavy (non-hydrogen) atoms. The molecule has 4 heteroatoms. The first-order valence-corrected chi connectivity index (χ1v) is 7.60. The van der Waals surface area contributed by atoms with Gasteiger partial charge in [0, 0.05) is 20.2 Å². The van der Waals surface area contributed by atoms with Crippen LogP contribution in [0.15, 0.2) is 24.3 Å². The van der Waals surface area contributed by atoms with Crippen molar-refractivity contribution in [3.05, 3.63) is 29.8 Å². The minimum Gasteiger partial charge on any atom is -0.491 e. The molecule has 1 aromatic carbocycles. The number of methoxy groups -OCH3 is 1. The van der Waals surface area contributed by atoms with Crippen molar-refractivity contribution in [1.29, 1.82) is 0 Å². The maximum atomic E-state index is 9.80. The first-order chi connectivity index (χ1) is 9.99. The normalized spacial score (nSPS) is 13.2. The van der Waals surface area contributed by atoms with Gasteiger partial charge in [-0.2, -0.15) is 0 Å². The van der Waals surface area contributed by atoms with E-state index in [2.05, 4.69) is 38.2 Å². The van der Waals surface area contributed by atoms with Gasteiger partial charge < -0.3 is 19.9 Å². The van der Waals surface area contributed by atoms with E-state index in [1.807, 2.05) is 12.1 Å². The average Bonchev–Trinajstić information content (AvgIpc) is 2.50. The monoisotopic (exact) mass is 295 g/mol. The third-order valence-electron chi connectivity index (χ3n) is 3.82. The summed E-state index contributed by atoms with van der Waals surface area (Å²) in [5.74, 6) is 0.793. The number of aliphatic hydroxyl groups is 1. The molecule has 2 N–H and O–H groups in total. The molecule has 4 nitrogen and oxygen atoms in total. The molecule has 0 bridgehead atoms. The Morgan fingerprint density at radius 2 is 1.90 bits per heavy atom. The third kappa shape index (κ3) is 6.46. The van der Waals surface area contributed by atoms with Gasteiger partial charge in [0.1, 0.15) is 18.5 Å². The van der Waals surface area contributed by atoms with Gasteiger partial charge in [0.25, 0.3) is 0 Å². The lowest BCUT2D eigenvalue weighted by molar-refractivity contribution is 0.103. The summed E-state index contributed by atoms with van der Waals surface area (Å²) in [5, 5.41) is 12.9. The van der Waals surface area contributed by atoms with Crippen LogP contribution >= 0.6 is 0 Å². The van der Waals surface area contributed by atoms with Crippen LogP contribution in [0.1, 0.15) is 32.8 Å². The van der Waals surface area contributed by atoms with E-state index in [1.54, 1.807) is 7.11 Å². The number of benzene rings is 1. The summed E-state index contributed by atoms with van der Waals surface area (Å²) in [6, 6.07) is 8.14. The number of aliphatic hydroxyl groups excluding tert-OH is 1. The summed E-state index contributed by atoms with van der Waals surface area (Å²) in [6.07, 6.45) is 0.576. The van der Waals surface area contributed by atoms with Gasteiger partial charge in [0.15, 0.2) is 0 Å². The summed E-state index contributed by atoms with van der Waals surface area (Å²) in [5.41, 5.74) is 1.49. The molecule has 0 aromatic heterocycles. The number of rotatable bonds is 10. The molecule has 0 aliphatic heterocycles. The van der Waals surface area contributed by atoms with Crippen LogP contribution in [0.5, 0.6) is 5.75 Å². The molecule has 120 valence electrons. The molecule has 1 unspecified atom stereocenters. The van der Waals surface area contributed by atoms with Crippen LogP contribution in [0.3, 0.4) is 0 Å². The average molecular weight is 295 g/mol. The van der Waals surface area contributed by atoms with Crippen LogP contribution in [-0.2, 0) is 10.2 Å². The Balaban J connectivity index is 2.35. The van der Waals surface area contributed by atoms with Crippen molar-refractivity contribution in [2.24, 2.45) is 0 Å². The van der Waals surface area contributed by atoms with E-state index in [1.165, 1.54) is 5.56 Å². The van der Waals surface area contributed by atoms with Crippen LogP contribution < -0.4 is 10.1 Å². The van der Waals surface area contributed by atoms with Gasteiger partial charge in [0.05, 0.1) is 6.61 Å². The third-order valence-corrected chi connectivity index (χ3v) is 3.82. The van der Waals surface area contributed by atoms with E-state index in [0.717, 1.165) is 18.7 Å². The molecule has 0 aliphatic rings. The summed E-state index contributed by atoms with van der Waals surface area (Å²) in [7, 11) is 1.66. The maximum Gasteiger partial charge on any atom is 0.119 e. The van der Waals surface area contributed by atoms with E-state index in [4.69, 9.17) is 9.47 Å². The van der Waals surface area contributed by atoms with Gasteiger partial charge in [-0.15, -0.1) is 0 Å². The van der Waals surface area contributed by atoms with Gasteiger partial charge >= 0.3 is 0 Å². The number of ether oxygens (including phenoxy) is 2. The van der Waals surface area contributed by atoms with Gasteiger partial charge in [-0.25, -0.2) is 0 Å². The van der Waals surface area contributed by atoms with Crippen molar-refractivity contribution >= 4 is 0 Å². The summed E-state index contributed by atoms with van der Waals surface area (Å²) in [6.45, 7) is 8.82. The second-order valence-electron chi connectivity index (χ2n) is 5.92. The zero-order valence-electron chi connectivity index (χ0n) is 13.7. The molecular weight excluding hydrogens is 266 g/mol. The van der Waals surface area contributed by atoms with Crippen molar-refractivity contribution < 1.29 is 14.6 Å². The highest BCUT2D eigenvalue weighted by Crippen LogP contribution is 2.27. The zero-order chi connectivity index (χ0) is 15.7. The second-order valence-corrected chi connectivity index (χ2v) is 5.92. The van der Waals surface area contributed by atoms with Crippen LogP contribution in [0.25, 0.3) is 0 Å². The fourth-order valence-corrected chi connectivity index (χ4v) is 1.90. The summed E-state index contributed by atoms with van der Waals surface area (Å²) >= 11 is 0. The largest absolute Gasteiger partial charge is 0.491 e. The molecule has 1 atom stereocenters. The number of hydrogen-bond donors (Lipinski definition) is 2. The Morgan fingerprint density at radius 3 is 2.48 bits per heavy atom. The molecule has 0 radical (unpaired) electrons. The van der Waals surface area contributed by atoms with E-state index < -0.39 is 6.10 Å². The topological polar surface area (TPSA) is 50.7 Å². The smallest absolute Gasteiger partial charge is 0.119 e. The fourth-order valence-electron chi connectivity index (χ4n) is 1.90. The molecule has 0 saturated carbocycles. The Hall–Kier alpha value is -1.10. The van der Waals surface area contributed by atoms with Crippen LogP contribution in [-0.4, -0.2) is 44.6 Å². The van der Waals surface area contributed by atoms with Gasteiger partial charge in [-0.05, 0) is 29.5 Å². The SMILES string of the molecule is CCC(C)(C)c1ccc(OCC(O)CNCCOC)cc1. The minimum atomic E-state index is -0.520. The summed E-state index contributed by atoms with van der Waals surface area (Å²) in [4.78, 5) is 0. The van der Waals surface area contributed by atoms with Gasteiger partial charge in [0.2, 0.25) is 0 Å². The molecule has 0 spiro atoms. The van der Waals surface area contributed by atoms with E-state index in [9.17, 15) is 5.11 Å². The molecule has 0 saturated heterocycles. The highest BCUT2D eigenvalue weighted by molar-refractivity contribution is 5.31. The lowest BCUT2D eigenvalue weighted by Gasteiger charge is -2.23. The molecule has 0 heterocycles. The number of hydrogen-bond acceptors (Lipinski definition) is 4. The Kier molecular flexibility index (Phi) is 7.72. The molecule has 0 aliphatic carbocycles. The van der Waals surface area contributed by atoms with E-state index in [0.29, 0.717) is 13.2 Å². The lowest BCUT2D eigenvalue weighted by atomic mass is 9.82. The molecule has 0 amide bonds. The molecule has 1 aromatic rings. The van der Waals surface area contributed by atoms with Crippen molar-refractivity contribution in [3.8, 4) is 5.75 Å². The lowest BCUT2D eigenvalue weighted by Crippen LogP contribution is -2.33. The predicted molar refractivity (Wildman–Crippen MR) is 86.0 cm³/mol. The van der Waals surface area contributed by atoms with Gasteiger partial charge in [-0.1, -0.05) is 32.9 Å².